The van der Waals surface area contributed by atoms with Gasteiger partial charge in [-0.2, -0.15) is 0 Å². The van der Waals surface area contributed by atoms with Crippen LogP contribution in [0.15, 0.2) is 42.5 Å². The van der Waals surface area contributed by atoms with E-state index in [0.717, 1.165) is 0 Å². The van der Waals surface area contributed by atoms with Gasteiger partial charge in [0, 0.05) is 18.1 Å². The minimum absolute atomic E-state index is 0. The number of halogens is 2. The van der Waals surface area contributed by atoms with Gasteiger partial charge in [0.2, 0.25) is 0 Å². The Hall–Kier alpha value is -2.34. The van der Waals surface area contributed by atoms with Crippen molar-refractivity contribution in [3.63, 3.8) is 0 Å². The number of rotatable bonds is 9. The predicted octanol–water partition coefficient (Wildman–Crippen LogP) is -1.22. The fourth-order valence-electron chi connectivity index (χ4n) is 2.42. The van der Waals surface area contributed by atoms with Crippen LogP contribution in [0.4, 0.5) is 11.4 Å². The van der Waals surface area contributed by atoms with Crippen LogP contribution in [0.5, 0.6) is 0 Å². The monoisotopic (exact) mass is 509 g/mol. The molecule has 0 bridgehead atoms. The summed E-state index contributed by atoms with van der Waals surface area (Å²) in [6.07, 6.45) is -2.46. The van der Waals surface area contributed by atoms with Crippen LogP contribution in [-0.4, -0.2) is 49.9 Å². The summed E-state index contributed by atoms with van der Waals surface area (Å²) in [6.45, 7) is 0. The van der Waals surface area contributed by atoms with Crippen LogP contribution >= 0.6 is 23.2 Å². The molecule has 0 spiro atoms. The fraction of sp³-hybridized carbons (Fsp3) is 0.200. The molecule has 0 atom stereocenters. The molecule has 10 nitrogen and oxygen atoms in total. The Morgan fingerprint density at radius 2 is 1.36 bits per heavy atom. The van der Waals surface area contributed by atoms with Crippen LogP contribution in [0.1, 0.15) is 18.4 Å². The van der Waals surface area contributed by atoms with Gasteiger partial charge in [0.05, 0.1) is 28.6 Å². The van der Waals surface area contributed by atoms with Gasteiger partial charge in [-0.3, -0.25) is 9.59 Å². The number of hydrogen-bond donors (Lipinski definition) is 5. The van der Waals surface area contributed by atoms with Gasteiger partial charge in [-0.15, -0.1) is 0 Å². The van der Waals surface area contributed by atoms with Crippen molar-refractivity contribution in [2.24, 2.45) is 0 Å². The Morgan fingerprint density at radius 3 is 1.79 bits per heavy atom. The first-order valence-corrected chi connectivity index (χ1v) is 9.49. The number of carbonyl (C=O) groups is 4. The van der Waals surface area contributed by atoms with Gasteiger partial charge in [-0.05, 0) is 23.8 Å². The summed E-state index contributed by atoms with van der Waals surface area (Å²) in [6, 6.07) is 12.2. The van der Waals surface area contributed by atoms with Crippen LogP contribution in [0.3, 0.4) is 0 Å². The summed E-state index contributed by atoms with van der Waals surface area (Å²) in [4.78, 5) is 41.2. The van der Waals surface area contributed by atoms with Crippen molar-refractivity contribution in [2.75, 3.05) is 5.32 Å². The van der Waals surface area contributed by atoms with Gasteiger partial charge < -0.3 is 35.6 Å². The van der Waals surface area contributed by atoms with Gasteiger partial charge in [-0.1, -0.05) is 47.5 Å². The molecular formula is C20H18Cl2NNaO9. The zero-order valence-electron chi connectivity index (χ0n) is 17.2. The van der Waals surface area contributed by atoms with Gasteiger partial charge in [0.25, 0.3) is 0 Å². The molecule has 2 aromatic carbocycles. The maximum Gasteiger partial charge on any atom is 1.00 e. The van der Waals surface area contributed by atoms with Crippen molar-refractivity contribution >= 4 is 58.5 Å². The molecule has 172 valence electrons. The van der Waals surface area contributed by atoms with Crippen LogP contribution in [0.25, 0.3) is 0 Å². The second-order valence-corrected chi connectivity index (χ2v) is 7.22. The van der Waals surface area contributed by atoms with Crippen molar-refractivity contribution in [1.29, 1.82) is 0 Å². The van der Waals surface area contributed by atoms with Crippen LogP contribution in [0, 0.1) is 0 Å². The molecule has 0 saturated carbocycles. The molecule has 0 aliphatic carbocycles. The Kier molecular flexibility index (Phi) is 13.0. The molecule has 2 rings (SSSR count). The normalized spacial score (nSPS) is 10.2. The summed E-state index contributed by atoms with van der Waals surface area (Å²) in [7, 11) is 0. The topological polar surface area (TPSA) is 184 Å². The summed E-state index contributed by atoms with van der Waals surface area (Å²) in [5.41, 5.74) is -0.936. The van der Waals surface area contributed by atoms with Crippen LogP contribution < -0.4 is 40.0 Å². The van der Waals surface area contributed by atoms with E-state index in [-0.39, 0.29) is 36.0 Å². The Bertz CT molecular complexity index is 981. The SMILES string of the molecule is O=C(O)CC(O)(CC(=O)O)C(=O)O.O=C([O-])Cc1ccccc1Nc1c(Cl)cccc1Cl.[Na+]. The number of carboxylic acid groups (broad SMARTS) is 4. The maximum absolute atomic E-state index is 10.7. The van der Waals surface area contributed by atoms with E-state index in [9.17, 15) is 24.3 Å². The number of anilines is 2. The molecule has 5 N–H and O–H groups in total. The summed E-state index contributed by atoms with van der Waals surface area (Å²) >= 11 is 12.1. The van der Waals surface area contributed by atoms with E-state index in [0.29, 0.717) is 27.0 Å². The van der Waals surface area contributed by atoms with Gasteiger partial charge in [0.15, 0.2) is 5.60 Å². The second kappa shape index (κ2) is 14.0. The average molecular weight is 510 g/mol. The smallest absolute Gasteiger partial charge is 0.550 e. The molecular weight excluding hydrogens is 492 g/mol. The number of aliphatic carboxylic acids is 4. The largest absolute Gasteiger partial charge is 1.00 e. The number of para-hydroxylation sites is 2. The number of hydrogen-bond acceptors (Lipinski definition) is 7. The Labute approximate surface area is 220 Å². The molecule has 0 unspecified atom stereocenters. The minimum atomic E-state index is -2.74. The zero-order valence-corrected chi connectivity index (χ0v) is 20.8. The number of nitrogens with one attached hydrogen (secondary N) is 1. The standard InChI is InChI=1S/C14H11Cl2NO2.C6H8O7.Na/c15-10-5-3-6-11(16)14(10)17-12-7-2-1-4-9(12)8-13(18)19;7-3(8)1-6(13,5(11)12)2-4(9)10;/h1-7,17H,8H2,(H,18,19);13H,1-2H2,(H,7,8)(H,9,10)(H,11,12);/q;;+1/p-1. The van der Waals surface area contributed by atoms with E-state index in [1.165, 1.54) is 0 Å². The van der Waals surface area contributed by atoms with Crippen molar-refractivity contribution in [3.05, 3.63) is 58.1 Å². The molecule has 33 heavy (non-hydrogen) atoms. The van der Waals surface area contributed by atoms with E-state index in [1.807, 2.05) is 0 Å². The van der Waals surface area contributed by atoms with Crippen molar-refractivity contribution in [2.45, 2.75) is 24.9 Å². The van der Waals surface area contributed by atoms with E-state index in [1.54, 1.807) is 42.5 Å². The van der Waals surface area contributed by atoms with E-state index in [2.05, 4.69) is 5.32 Å². The maximum atomic E-state index is 10.7. The van der Waals surface area contributed by atoms with E-state index in [4.69, 9.17) is 43.6 Å². The number of benzene rings is 2. The zero-order chi connectivity index (χ0) is 24.5. The number of carboxylic acids is 4. The molecule has 0 heterocycles. The van der Waals surface area contributed by atoms with E-state index < -0.39 is 42.3 Å². The molecule has 0 radical (unpaired) electrons. The predicted molar refractivity (Wildman–Crippen MR) is 112 cm³/mol. The van der Waals surface area contributed by atoms with Gasteiger partial charge in [-0.25, -0.2) is 4.79 Å². The van der Waals surface area contributed by atoms with Crippen molar-refractivity contribution in [1.82, 2.24) is 0 Å². The summed E-state index contributed by atoms with van der Waals surface area (Å²) in [5.74, 6) is -6.16. The first-order valence-electron chi connectivity index (χ1n) is 8.74. The quantitative estimate of drug-likeness (QED) is 0.257. The van der Waals surface area contributed by atoms with Gasteiger partial charge in [0.1, 0.15) is 0 Å². The summed E-state index contributed by atoms with van der Waals surface area (Å²) < 4.78 is 0. The second-order valence-electron chi connectivity index (χ2n) is 6.41. The molecule has 0 fully saturated rings. The molecule has 0 amide bonds. The Balaban J connectivity index is 0.000000649. The third-order valence-electron chi connectivity index (χ3n) is 3.86. The molecule has 0 aliphatic heterocycles. The molecule has 13 heteroatoms. The first kappa shape index (κ1) is 30.7. The van der Waals surface area contributed by atoms with Crippen LogP contribution in [0.2, 0.25) is 10.0 Å². The summed E-state index contributed by atoms with van der Waals surface area (Å²) in [5, 5.41) is 48.5. The minimum Gasteiger partial charge on any atom is -0.550 e. The molecule has 0 saturated heterocycles. The number of carbonyl (C=O) groups excluding carboxylic acids is 1. The van der Waals surface area contributed by atoms with Crippen LogP contribution in [-0.2, 0) is 25.6 Å². The fourth-order valence-corrected chi connectivity index (χ4v) is 2.91. The average Bonchev–Trinajstić information content (AvgIpc) is 2.65. The molecule has 0 aromatic heterocycles. The van der Waals surface area contributed by atoms with Crippen molar-refractivity contribution < 1.29 is 74.3 Å². The first-order chi connectivity index (χ1) is 14.9. The molecule has 2 aromatic rings. The molecule has 0 aliphatic rings. The van der Waals surface area contributed by atoms with Crippen molar-refractivity contribution in [3.8, 4) is 0 Å². The third kappa shape index (κ3) is 10.4. The van der Waals surface area contributed by atoms with E-state index >= 15 is 0 Å². The Morgan fingerprint density at radius 1 is 0.879 bits per heavy atom. The van der Waals surface area contributed by atoms with Gasteiger partial charge >= 0.3 is 47.5 Å². The number of aliphatic hydroxyl groups is 1. The third-order valence-corrected chi connectivity index (χ3v) is 4.49.